The van der Waals surface area contributed by atoms with Crippen LogP contribution < -0.4 is 10.9 Å². The standard InChI is InChI=1S/C22H28N4O2/c1-15-10-17(13-25(3)22(15)27)21-24-19-8-7-16(12-23-2)11-20(19)26(21)14-18-6-4-5-9-28-18/h7-8,10-11,13,18,23H,4-6,9,12,14H2,1-3H3. The summed E-state index contributed by atoms with van der Waals surface area (Å²) < 4.78 is 9.92. The van der Waals surface area contributed by atoms with Crippen molar-refractivity contribution in [2.45, 2.75) is 45.4 Å². The average Bonchev–Trinajstić information content (AvgIpc) is 3.05. The highest BCUT2D eigenvalue weighted by Crippen LogP contribution is 2.28. The van der Waals surface area contributed by atoms with Crippen LogP contribution in [-0.2, 0) is 24.9 Å². The number of rotatable bonds is 5. The fourth-order valence-corrected chi connectivity index (χ4v) is 4.04. The molecule has 6 heteroatoms. The van der Waals surface area contributed by atoms with Gasteiger partial charge < -0.3 is 19.2 Å². The Morgan fingerprint density at radius 3 is 2.86 bits per heavy atom. The van der Waals surface area contributed by atoms with Crippen LogP contribution in [0, 0.1) is 6.92 Å². The van der Waals surface area contributed by atoms with E-state index >= 15 is 0 Å². The van der Waals surface area contributed by atoms with E-state index in [1.54, 1.807) is 11.6 Å². The van der Waals surface area contributed by atoms with Crippen molar-refractivity contribution in [3.63, 3.8) is 0 Å². The van der Waals surface area contributed by atoms with Crippen molar-refractivity contribution in [2.24, 2.45) is 7.05 Å². The maximum atomic E-state index is 12.2. The summed E-state index contributed by atoms with van der Waals surface area (Å²) in [6.45, 7) is 4.27. The molecule has 3 aromatic rings. The van der Waals surface area contributed by atoms with E-state index in [1.807, 2.05) is 26.2 Å². The Labute approximate surface area is 165 Å². The van der Waals surface area contributed by atoms with Crippen LogP contribution in [-0.4, -0.2) is 33.9 Å². The van der Waals surface area contributed by atoms with Crippen molar-refractivity contribution in [3.8, 4) is 11.4 Å². The normalized spacial score (nSPS) is 17.3. The van der Waals surface area contributed by atoms with Gasteiger partial charge in [-0.25, -0.2) is 4.98 Å². The predicted octanol–water partition coefficient (Wildman–Crippen LogP) is 3.00. The third-order valence-corrected chi connectivity index (χ3v) is 5.47. The molecule has 4 rings (SSSR count). The third-order valence-electron chi connectivity index (χ3n) is 5.47. The Kier molecular flexibility index (Phi) is 5.33. The molecule has 0 amide bonds. The number of aromatic nitrogens is 3. The van der Waals surface area contributed by atoms with Crippen LogP contribution in [0.3, 0.4) is 0 Å². The molecule has 1 aliphatic rings. The van der Waals surface area contributed by atoms with Crippen LogP contribution in [0.5, 0.6) is 0 Å². The minimum Gasteiger partial charge on any atom is -0.376 e. The van der Waals surface area contributed by atoms with Crippen LogP contribution in [0.2, 0.25) is 0 Å². The lowest BCUT2D eigenvalue weighted by atomic mass is 10.1. The molecular formula is C22H28N4O2. The first kappa shape index (κ1) is 18.9. The number of imidazole rings is 1. The summed E-state index contributed by atoms with van der Waals surface area (Å²) in [7, 11) is 3.75. The SMILES string of the molecule is CNCc1ccc2nc(-c3cc(C)c(=O)n(C)c3)n(CC3CCCCO3)c2c1. The fourth-order valence-electron chi connectivity index (χ4n) is 4.04. The number of ether oxygens (including phenoxy) is 1. The minimum atomic E-state index is 0.0262. The molecule has 0 radical (unpaired) electrons. The highest BCUT2D eigenvalue weighted by molar-refractivity contribution is 5.81. The first-order chi connectivity index (χ1) is 13.6. The van der Waals surface area contributed by atoms with Crippen molar-refractivity contribution >= 4 is 11.0 Å². The average molecular weight is 380 g/mol. The van der Waals surface area contributed by atoms with Gasteiger partial charge in [0.1, 0.15) is 5.82 Å². The van der Waals surface area contributed by atoms with Crippen LogP contribution in [0.15, 0.2) is 35.3 Å². The predicted molar refractivity (Wildman–Crippen MR) is 112 cm³/mol. The second kappa shape index (κ2) is 7.89. The van der Waals surface area contributed by atoms with Crippen LogP contribution >= 0.6 is 0 Å². The molecule has 0 aliphatic carbocycles. The Morgan fingerprint density at radius 2 is 2.14 bits per heavy atom. The first-order valence-corrected chi connectivity index (χ1v) is 10.00. The van der Waals surface area contributed by atoms with Crippen LogP contribution in [0.25, 0.3) is 22.4 Å². The van der Waals surface area contributed by atoms with Gasteiger partial charge in [-0.15, -0.1) is 0 Å². The summed E-state index contributed by atoms with van der Waals surface area (Å²) in [4.78, 5) is 17.1. The van der Waals surface area contributed by atoms with Gasteiger partial charge in [0.15, 0.2) is 0 Å². The molecule has 2 aromatic heterocycles. The molecule has 1 saturated heterocycles. The van der Waals surface area contributed by atoms with E-state index in [4.69, 9.17) is 9.72 Å². The van der Waals surface area contributed by atoms with Gasteiger partial charge in [0.05, 0.1) is 23.7 Å². The summed E-state index contributed by atoms with van der Waals surface area (Å²) >= 11 is 0. The highest BCUT2D eigenvalue weighted by Gasteiger charge is 2.20. The number of aryl methyl sites for hydroxylation is 2. The Balaban J connectivity index is 1.86. The van der Waals surface area contributed by atoms with Gasteiger partial charge in [-0.05, 0) is 57.0 Å². The Bertz CT molecular complexity index is 1020. The van der Waals surface area contributed by atoms with E-state index in [1.165, 1.54) is 12.0 Å². The van der Waals surface area contributed by atoms with Crippen molar-refractivity contribution < 1.29 is 4.74 Å². The molecule has 28 heavy (non-hydrogen) atoms. The Hall–Kier alpha value is -2.44. The van der Waals surface area contributed by atoms with Gasteiger partial charge in [-0.2, -0.15) is 0 Å². The molecule has 148 valence electrons. The number of nitrogens with zero attached hydrogens (tertiary/aromatic N) is 3. The maximum Gasteiger partial charge on any atom is 0.253 e. The van der Waals surface area contributed by atoms with Gasteiger partial charge in [-0.1, -0.05) is 6.07 Å². The molecule has 0 spiro atoms. The van der Waals surface area contributed by atoms with Gasteiger partial charge >= 0.3 is 0 Å². The fraction of sp³-hybridized carbons (Fsp3) is 0.455. The minimum absolute atomic E-state index is 0.0262. The molecule has 3 heterocycles. The zero-order valence-corrected chi connectivity index (χ0v) is 16.9. The van der Waals surface area contributed by atoms with Crippen LogP contribution in [0.1, 0.15) is 30.4 Å². The van der Waals surface area contributed by atoms with Crippen molar-refractivity contribution in [1.82, 2.24) is 19.4 Å². The summed E-state index contributed by atoms with van der Waals surface area (Å²) in [5.41, 5.74) is 5.02. The maximum absolute atomic E-state index is 12.2. The molecule has 6 nitrogen and oxygen atoms in total. The monoisotopic (exact) mass is 380 g/mol. The summed E-state index contributed by atoms with van der Waals surface area (Å²) in [6, 6.07) is 8.35. The molecule has 1 atom stereocenters. The van der Waals surface area contributed by atoms with Gasteiger partial charge in [0.25, 0.3) is 5.56 Å². The molecule has 1 unspecified atom stereocenters. The van der Waals surface area contributed by atoms with Gasteiger partial charge in [-0.3, -0.25) is 4.79 Å². The van der Waals surface area contributed by atoms with Crippen molar-refractivity contribution in [3.05, 3.63) is 51.9 Å². The lowest BCUT2D eigenvalue weighted by molar-refractivity contribution is 0.00686. The molecule has 0 saturated carbocycles. The molecule has 1 aromatic carbocycles. The van der Waals surface area contributed by atoms with E-state index in [0.29, 0.717) is 0 Å². The number of hydrogen-bond donors (Lipinski definition) is 1. The van der Waals surface area contributed by atoms with Crippen molar-refractivity contribution in [1.29, 1.82) is 0 Å². The van der Waals surface area contributed by atoms with E-state index in [-0.39, 0.29) is 11.7 Å². The third kappa shape index (κ3) is 3.62. The Morgan fingerprint density at radius 1 is 1.29 bits per heavy atom. The number of nitrogens with one attached hydrogen (secondary N) is 1. The molecule has 0 bridgehead atoms. The zero-order valence-electron chi connectivity index (χ0n) is 16.9. The topological polar surface area (TPSA) is 61.1 Å². The zero-order chi connectivity index (χ0) is 19.7. The van der Waals surface area contributed by atoms with Gasteiger partial charge in [0.2, 0.25) is 0 Å². The number of pyridine rings is 1. The van der Waals surface area contributed by atoms with E-state index < -0.39 is 0 Å². The summed E-state index contributed by atoms with van der Waals surface area (Å²) in [5, 5.41) is 3.22. The second-order valence-electron chi connectivity index (χ2n) is 7.72. The lowest BCUT2D eigenvalue weighted by Crippen LogP contribution is -2.25. The lowest BCUT2D eigenvalue weighted by Gasteiger charge is -2.24. The first-order valence-electron chi connectivity index (χ1n) is 10.00. The molecular weight excluding hydrogens is 352 g/mol. The smallest absolute Gasteiger partial charge is 0.253 e. The number of benzene rings is 1. The molecule has 1 aliphatic heterocycles. The number of hydrogen-bond acceptors (Lipinski definition) is 4. The van der Waals surface area contributed by atoms with Gasteiger partial charge in [0, 0.05) is 37.5 Å². The van der Waals surface area contributed by atoms with Crippen molar-refractivity contribution in [2.75, 3.05) is 13.7 Å². The second-order valence-corrected chi connectivity index (χ2v) is 7.72. The molecule has 1 N–H and O–H groups in total. The van der Waals surface area contributed by atoms with E-state index in [0.717, 1.165) is 60.5 Å². The summed E-state index contributed by atoms with van der Waals surface area (Å²) in [5.74, 6) is 0.893. The largest absolute Gasteiger partial charge is 0.376 e. The van der Waals surface area contributed by atoms with Crippen LogP contribution in [0.4, 0.5) is 0 Å². The highest BCUT2D eigenvalue weighted by atomic mass is 16.5. The number of fused-ring (bicyclic) bond motifs is 1. The summed E-state index contributed by atoms with van der Waals surface area (Å²) in [6.07, 6.45) is 5.49. The van der Waals surface area contributed by atoms with E-state index in [9.17, 15) is 4.79 Å². The molecule has 1 fully saturated rings. The quantitative estimate of drug-likeness (QED) is 0.739. The van der Waals surface area contributed by atoms with E-state index in [2.05, 4.69) is 28.1 Å².